The number of hydrogen-bond acceptors (Lipinski definition) is 5. The first-order valence-corrected chi connectivity index (χ1v) is 12.1. The first kappa shape index (κ1) is 22.2. The first-order chi connectivity index (χ1) is 13.3. The molecule has 28 heavy (non-hydrogen) atoms. The highest BCUT2D eigenvalue weighted by Crippen LogP contribution is 2.29. The number of methoxy groups -OCH3 is 1. The monoisotopic (exact) mass is 423 g/mol. The van der Waals surface area contributed by atoms with E-state index >= 15 is 0 Å². The van der Waals surface area contributed by atoms with Gasteiger partial charge in [-0.2, -0.15) is 0 Å². The molecule has 0 fully saturated rings. The minimum absolute atomic E-state index is 0.0192. The van der Waals surface area contributed by atoms with Crippen LogP contribution < -0.4 is 15.4 Å². The summed E-state index contributed by atoms with van der Waals surface area (Å²) in [5.74, 6) is 1.70. The molecule has 0 amide bonds. The molecule has 1 unspecified atom stereocenters. The molecular weight excluding hydrogens is 394 g/mol. The van der Waals surface area contributed by atoms with Crippen LogP contribution in [0, 0.1) is 0 Å². The van der Waals surface area contributed by atoms with E-state index in [0.29, 0.717) is 18.9 Å². The lowest BCUT2D eigenvalue weighted by Gasteiger charge is -2.17. The molecule has 0 aliphatic rings. The summed E-state index contributed by atoms with van der Waals surface area (Å²) in [5, 5.41) is 6.49. The quantitative estimate of drug-likeness (QED) is 0.478. The molecule has 1 aromatic heterocycles. The molecule has 2 aromatic rings. The zero-order chi connectivity index (χ0) is 20.6. The zero-order valence-corrected chi connectivity index (χ0v) is 18.5. The van der Waals surface area contributed by atoms with Crippen molar-refractivity contribution < 1.29 is 13.2 Å². The molecule has 0 radical (unpaired) electrons. The standard InChI is InChI=1S/C20H29N3O3S2/c1-5-21-20(23-15(2)12-13-28(4,24)25)22-14-18-10-11-19(27-18)16-6-8-17(26-3)9-7-16/h6-11,15H,5,12-14H2,1-4H3,(H2,21,22,23). The topological polar surface area (TPSA) is 79.8 Å². The SMILES string of the molecule is CCNC(=NCc1ccc(-c2ccc(OC)cc2)s1)NC(C)CCS(C)(=O)=O. The van der Waals surface area contributed by atoms with Gasteiger partial charge in [0, 0.05) is 28.6 Å². The predicted molar refractivity (Wildman–Crippen MR) is 118 cm³/mol. The van der Waals surface area contributed by atoms with E-state index in [1.54, 1.807) is 18.4 Å². The summed E-state index contributed by atoms with van der Waals surface area (Å²) < 4.78 is 27.9. The van der Waals surface area contributed by atoms with Gasteiger partial charge in [-0.1, -0.05) is 0 Å². The van der Waals surface area contributed by atoms with Gasteiger partial charge in [0.15, 0.2) is 5.96 Å². The molecule has 2 N–H and O–H groups in total. The van der Waals surface area contributed by atoms with Gasteiger partial charge in [-0.25, -0.2) is 13.4 Å². The van der Waals surface area contributed by atoms with Gasteiger partial charge < -0.3 is 15.4 Å². The van der Waals surface area contributed by atoms with Crippen molar-refractivity contribution in [3.8, 4) is 16.2 Å². The number of aliphatic imine (C=N–C) groups is 1. The molecule has 1 atom stereocenters. The van der Waals surface area contributed by atoms with Gasteiger partial charge in [0.25, 0.3) is 0 Å². The van der Waals surface area contributed by atoms with Crippen molar-refractivity contribution >= 4 is 27.1 Å². The summed E-state index contributed by atoms with van der Waals surface area (Å²) in [6.07, 6.45) is 1.81. The molecule has 8 heteroatoms. The van der Waals surface area contributed by atoms with Crippen LogP contribution in [-0.4, -0.2) is 46.1 Å². The van der Waals surface area contributed by atoms with Crippen LogP contribution >= 0.6 is 11.3 Å². The zero-order valence-electron chi connectivity index (χ0n) is 16.9. The summed E-state index contributed by atoms with van der Waals surface area (Å²) >= 11 is 1.71. The first-order valence-electron chi connectivity index (χ1n) is 9.26. The maximum Gasteiger partial charge on any atom is 0.191 e. The number of benzene rings is 1. The van der Waals surface area contributed by atoms with Crippen molar-refractivity contribution in [2.45, 2.75) is 32.9 Å². The van der Waals surface area contributed by atoms with E-state index in [2.05, 4.69) is 27.8 Å². The smallest absolute Gasteiger partial charge is 0.191 e. The van der Waals surface area contributed by atoms with Gasteiger partial charge >= 0.3 is 0 Å². The van der Waals surface area contributed by atoms with Crippen molar-refractivity contribution in [3.63, 3.8) is 0 Å². The van der Waals surface area contributed by atoms with E-state index in [1.807, 2.05) is 38.1 Å². The van der Waals surface area contributed by atoms with Gasteiger partial charge in [-0.3, -0.25) is 0 Å². The van der Waals surface area contributed by atoms with Crippen LogP contribution in [-0.2, 0) is 16.4 Å². The number of nitrogens with zero attached hydrogens (tertiary/aromatic N) is 1. The number of sulfone groups is 1. The third-order valence-corrected chi connectivity index (χ3v) is 6.17. The minimum Gasteiger partial charge on any atom is -0.497 e. The van der Waals surface area contributed by atoms with Crippen LogP contribution in [0.2, 0.25) is 0 Å². The molecule has 0 aliphatic carbocycles. The molecule has 154 valence electrons. The summed E-state index contributed by atoms with van der Waals surface area (Å²) in [4.78, 5) is 6.98. The van der Waals surface area contributed by atoms with Crippen LogP contribution in [0.25, 0.3) is 10.4 Å². The van der Waals surface area contributed by atoms with Gasteiger partial charge in [-0.05, 0) is 62.2 Å². The molecule has 0 saturated carbocycles. The Balaban J connectivity index is 1.99. The number of rotatable bonds is 9. The Hall–Kier alpha value is -2.06. The lowest BCUT2D eigenvalue weighted by atomic mass is 10.2. The number of hydrogen-bond donors (Lipinski definition) is 2. The molecular formula is C20H29N3O3S2. The predicted octanol–water partition coefficient (Wildman–Crippen LogP) is 3.30. The van der Waals surface area contributed by atoms with Crippen LogP contribution in [0.3, 0.4) is 0 Å². The Morgan fingerprint density at radius 2 is 1.93 bits per heavy atom. The highest BCUT2D eigenvalue weighted by atomic mass is 32.2. The van der Waals surface area contributed by atoms with Gasteiger partial charge in [0.05, 0.1) is 19.4 Å². The third-order valence-electron chi connectivity index (χ3n) is 4.08. The molecule has 0 saturated heterocycles. The second kappa shape index (κ2) is 10.5. The normalized spacial score (nSPS) is 13.2. The Kier molecular flexibility index (Phi) is 8.32. The molecule has 6 nitrogen and oxygen atoms in total. The van der Waals surface area contributed by atoms with Gasteiger partial charge in [0.1, 0.15) is 15.6 Å². The average molecular weight is 424 g/mol. The fraction of sp³-hybridized carbons (Fsp3) is 0.450. The number of thiophene rings is 1. The summed E-state index contributed by atoms with van der Waals surface area (Å²) in [6.45, 7) is 5.28. The van der Waals surface area contributed by atoms with Gasteiger partial charge in [0.2, 0.25) is 0 Å². The number of guanidine groups is 1. The molecule has 0 spiro atoms. The molecule has 0 bridgehead atoms. The van der Waals surface area contributed by atoms with E-state index in [0.717, 1.165) is 22.7 Å². The van der Waals surface area contributed by atoms with E-state index < -0.39 is 9.84 Å². The molecule has 2 rings (SSSR count). The maximum atomic E-state index is 11.3. The number of ether oxygens (including phenoxy) is 1. The van der Waals surface area contributed by atoms with E-state index in [1.165, 1.54) is 11.1 Å². The van der Waals surface area contributed by atoms with Crippen LogP contribution in [0.15, 0.2) is 41.4 Å². The Bertz CT molecular complexity index is 874. The fourth-order valence-corrected chi connectivity index (χ4v) is 4.27. The van der Waals surface area contributed by atoms with Crippen molar-refractivity contribution in [2.24, 2.45) is 4.99 Å². The van der Waals surface area contributed by atoms with E-state index in [9.17, 15) is 8.42 Å². The third kappa shape index (κ3) is 7.52. The number of nitrogens with one attached hydrogen (secondary N) is 2. The molecule has 1 aromatic carbocycles. The van der Waals surface area contributed by atoms with Crippen LogP contribution in [0.5, 0.6) is 5.75 Å². The lowest BCUT2D eigenvalue weighted by Crippen LogP contribution is -2.42. The van der Waals surface area contributed by atoms with Gasteiger partial charge in [-0.15, -0.1) is 11.3 Å². The van der Waals surface area contributed by atoms with Crippen molar-refractivity contribution in [1.29, 1.82) is 0 Å². The maximum absolute atomic E-state index is 11.3. The minimum atomic E-state index is -2.96. The van der Waals surface area contributed by atoms with Crippen molar-refractivity contribution in [2.75, 3.05) is 25.7 Å². The second-order valence-electron chi connectivity index (χ2n) is 6.65. The molecule has 1 heterocycles. The lowest BCUT2D eigenvalue weighted by molar-refractivity contribution is 0.415. The van der Waals surface area contributed by atoms with Crippen LogP contribution in [0.4, 0.5) is 0 Å². The van der Waals surface area contributed by atoms with E-state index in [-0.39, 0.29) is 11.8 Å². The summed E-state index contributed by atoms with van der Waals surface area (Å²) in [7, 11) is -1.30. The largest absolute Gasteiger partial charge is 0.497 e. The second-order valence-corrected chi connectivity index (χ2v) is 10.1. The Labute approximate surface area is 172 Å². The Morgan fingerprint density at radius 1 is 1.21 bits per heavy atom. The highest BCUT2D eigenvalue weighted by Gasteiger charge is 2.10. The van der Waals surface area contributed by atoms with Crippen LogP contribution in [0.1, 0.15) is 25.1 Å². The fourth-order valence-electron chi connectivity index (χ4n) is 2.55. The Morgan fingerprint density at radius 3 is 2.54 bits per heavy atom. The van der Waals surface area contributed by atoms with Crippen molar-refractivity contribution in [1.82, 2.24) is 10.6 Å². The van der Waals surface area contributed by atoms with Crippen molar-refractivity contribution in [3.05, 3.63) is 41.3 Å². The van der Waals surface area contributed by atoms with E-state index in [4.69, 9.17) is 4.74 Å². The summed E-state index contributed by atoms with van der Waals surface area (Å²) in [6, 6.07) is 12.2. The molecule has 0 aliphatic heterocycles. The average Bonchev–Trinajstić information content (AvgIpc) is 3.13. The summed E-state index contributed by atoms with van der Waals surface area (Å²) in [5.41, 5.74) is 1.15. The highest BCUT2D eigenvalue weighted by molar-refractivity contribution is 7.90.